The molecule has 4 aromatic rings. The Balaban J connectivity index is 1.66. The summed E-state index contributed by atoms with van der Waals surface area (Å²) in [6.07, 6.45) is 1.60. The highest BCUT2D eigenvalue weighted by molar-refractivity contribution is 6.04. The number of nitrogens with zero attached hydrogens (tertiary/aromatic N) is 2. The average molecular weight is 377 g/mol. The molecule has 3 N–H and O–H groups in total. The maximum absolute atomic E-state index is 13.8. The molecule has 0 fully saturated rings. The average Bonchev–Trinajstić information content (AvgIpc) is 3.23. The second-order valence-corrected chi connectivity index (χ2v) is 6.95. The summed E-state index contributed by atoms with van der Waals surface area (Å²) in [7, 11) is 0. The van der Waals surface area contributed by atoms with Gasteiger partial charge in [0, 0.05) is 22.2 Å². The van der Waals surface area contributed by atoms with E-state index in [2.05, 4.69) is 25.5 Å². The second kappa shape index (κ2) is 6.60. The number of carbonyl (C=O) groups excluding carboxylic acids is 1. The molecule has 1 amide bonds. The molecule has 0 saturated heterocycles. The van der Waals surface area contributed by atoms with Gasteiger partial charge in [0.05, 0.1) is 17.6 Å². The molecule has 1 aromatic carbocycles. The number of anilines is 1. The van der Waals surface area contributed by atoms with Crippen molar-refractivity contribution >= 4 is 22.6 Å². The second-order valence-electron chi connectivity index (χ2n) is 6.95. The minimum atomic E-state index is -0.264. The van der Waals surface area contributed by atoms with Gasteiger partial charge in [-0.1, -0.05) is 0 Å². The van der Waals surface area contributed by atoms with Crippen molar-refractivity contribution in [3.63, 3.8) is 0 Å². The quantitative estimate of drug-likeness (QED) is 0.488. The van der Waals surface area contributed by atoms with Gasteiger partial charge in [-0.05, 0) is 63.1 Å². The topological polar surface area (TPSA) is 86.5 Å². The summed E-state index contributed by atoms with van der Waals surface area (Å²) in [5.74, 6) is -0.482. The van der Waals surface area contributed by atoms with Crippen LogP contribution < -0.4 is 5.32 Å². The number of hydrogen-bond donors (Lipinski definition) is 3. The van der Waals surface area contributed by atoms with E-state index < -0.39 is 0 Å². The van der Waals surface area contributed by atoms with Gasteiger partial charge in [0.1, 0.15) is 17.2 Å². The molecule has 0 aliphatic heterocycles. The van der Waals surface area contributed by atoms with Crippen molar-refractivity contribution in [1.82, 2.24) is 20.2 Å². The Morgan fingerprint density at radius 1 is 1.07 bits per heavy atom. The van der Waals surface area contributed by atoms with Gasteiger partial charge in [-0.3, -0.25) is 9.89 Å². The van der Waals surface area contributed by atoms with Crippen LogP contribution >= 0.6 is 0 Å². The molecule has 7 heteroatoms. The number of aryl methyl sites for hydroxylation is 1. The normalized spacial score (nSPS) is 11.2. The SMILES string of the molecule is Cc1n[nH]c(C(=O)Nc2cnc3[nH]c(-c4ccc(F)c(C)c4C)cc3c2)c1C. The van der Waals surface area contributed by atoms with Gasteiger partial charge in [-0.15, -0.1) is 0 Å². The molecule has 0 aliphatic carbocycles. The number of fused-ring (bicyclic) bond motifs is 1. The largest absolute Gasteiger partial charge is 0.339 e. The molecule has 3 aromatic heterocycles. The summed E-state index contributed by atoms with van der Waals surface area (Å²) in [5.41, 5.74) is 6.61. The Morgan fingerprint density at radius 2 is 1.86 bits per heavy atom. The monoisotopic (exact) mass is 377 g/mol. The van der Waals surface area contributed by atoms with Crippen LogP contribution in [0.4, 0.5) is 10.1 Å². The van der Waals surface area contributed by atoms with E-state index in [0.29, 0.717) is 22.6 Å². The van der Waals surface area contributed by atoms with E-state index in [9.17, 15) is 9.18 Å². The summed E-state index contributed by atoms with van der Waals surface area (Å²) in [4.78, 5) is 20.1. The molecule has 0 atom stereocenters. The predicted octanol–water partition coefficient (Wildman–Crippen LogP) is 4.58. The Hall–Kier alpha value is -3.48. The zero-order valence-corrected chi connectivity index (χ0v) is 16.1. The molecular weight excluding hydrogens is 357 g/mol. The van der Waals surface area contributed by atoms with Crippen LogP contribution in [0.25, 0.3) is 22.3 Å². The van der Waals surface area contributed by atoms with Gasteiger partial charge in [-0.2, -0.15) is 5.10 Å². The summed E-state index contributed by atoms with van der Waals surface area (Å²) in [5, 5.41) is 10.5. The van der Waals surface area contributed by atoms with Crippen LogP contribution in [0.3, 0.4) is 0 Å². The zero-order chi connectivity index (χ0) is 20.0. The van der Waals surface area contributed by atoms with Crippen molar-refractivity contribution in [2.75, 3.05) is 5.32 Å². The van der Waals surface area contributed by atoms with Gasteiger partial charge in [-0.25, -0.2) is 9.37 Å². The van der Waals surface area contributed by atoms with Gasteiger partial charge in [0.2, 0.25) is 0 Å². The Kier molecular flexibility index (Phi) is 4.22. The highest BCUT2D eigenvalue weighted by atomic mass is 19.1. The van der Waals surface area contributed by atoms with Crippen molar-refractivity contribution in [2.45, 2.75) is 27.7 Å². The number of benzene rings is 1. The predicted molar refractivity (Wildman–Crippen MR) is 107 cm³/mol. The third kappa shape index (κ3) is 2.94. The molecular formula is C21H20FN5O. The fraction of sp³-hybridized carbons (Fsp3) is 0.190. The lowest BCUT2D eigenvalue weighted by atomic mass is 10.0. The molecule has 0 unspecified atom stereocenters. The molecule has 3 heterocycles. The van der Waals surface area contributed by atoms with E-state index in [1.54, 1.807) is 19.2 Å². The van der Waals surface area contributed by atoms with Crippen molar-refractivity contribution in [2.24, 2.45) is 0 Å². The van der Waals surface area contributed by atoms with E-state index >= 15 is 0 Å². The number of halogens is 1. The number of nitrogens with one attached hydrogen (secondary N) is 3. The molecule has 4 rings (SSSR count). The van der Waals surface area contributed by atoms with Crippen LogP contribution in [0.1, 0.15) is 32.9 Å². The number of carbonyl (C=O) groups is 1. The van der Waals surface area contributed by atoms with Gasteiger partial charge in [0.25, 0.3) is 5.91 Å². The minimum Gasteiger partial charge on any atom is -0.339 e. The van der Waals surface area contributed by atoms with Crippen molar-refractivity contribution in [3.05, 3.63) is 64.4 Å². The third-order valence-corrected chi connectivity index (χ3v) is 5.22. The fourth-order valence-electron chi connectivity index (χ4n) is 3.21. The number of amides is 1. The standard InChI is InChI=1S/C21H20FN5O/c1-10-11(2)17(22)6-5-16(10)18-8-14-7-15(9-23-20(14)25-18)24-21(28)19-12(3)13(4)26-27-19/h5-9H,1-4H3,(H,23,25)(H,24,28)(H,26,27). The first-order chi connectivity index (χ1) is 13.3. The molecule has 0 aliphatic rings. The number of H-pyrrole nitrogens is 2. The molecule has 0 spiro atoms. The number of rotatable bonds is 3. The fourth-order valence-corrected chi connectivity index (χ4v) is 3.21. The lowest BCUT2D eigenvalue weighted by molar-refractivity contribution is 0.102. The molecule has 28 heavy (non-hydrogen) atoms. The minimum absolute atomic E-state index is 0.218. The van der Waals surface area contributed by atoms with Gasteiger partial charge in [0.15, 0.2) is 0 Å². The van der Waals surface area contributed by atoms with Crippen molar-refractivity contribution in [3.8, 4) is 11.3 Å². The summed E-state index contributed by atoms with van der Waals surface area (Å²) >= 11 is 0. The lowest BCUT2D eigenvalue weighted by Crippen LogP contribution is -2.13. The first-order valence-corrected chi connectivity index (χ1v) is 8.93. The highest BCUT2D eigenvalue weighted by Gasteiger charge is 2.15. The number of pyridine rings is 1. The number of hydrogen-bond acceptors (Lipinski definition) is 3. The Labute approximate surface area is 161 Å². The summed E-state index contributed by atoms with van der Waals surface area (Å²) < 4.78 is 13.8. The van der Waals surface area contributed by atoms with Gasteiger partial charge >= 0.3 is 0 Å². The highest BCUT2D eigenvalue weighted by Crippen LogP contribution is 2.29. The molecule has 6 nitrogen and oxygen atoms in total. The summed E-state index contributed by atoms with van der Waals surface area (Å²) in [6, 6.07) is 7.03. The zero-order valence-electron chi connectivity index (χ0n) is 16.1. The Bertz CT molecular complexity index is 1220. The smallest absolute Gasteiger partial charge is 0.273 e. The van der Waals surface area contributed by atoms with Crippen LogP contribution in [-0.4, -0.2) is 26.1 Å². The first kappa shape index (κ1) is 17.9. The Morgan fingerprint density at radius 3 is 2.57 bits per heavy atom. The van der Waals surface area contributed by atoms with E-state index in [-0.39, 0.29) is 11.7 Å². The van der Waals surface area contributed by atoms with Crippen molar-refractivity contribution < 1.29 is 9.18 Å². The third-order valence-electron chi connectivity index (χ3n) is 5.22. The van der Waals surface area contributed by atoms with Crippen molar-refractivity contribution in [1.29, 1.82) is 0 Å². The van der Waals surface area contributed by atoms with E-state index in [1.165, 1.54) is 6.07 Å². The lowest BCUT2D eigenvalue weighted by Gasteiger charge is -2.07. The molecule has 0 saturated carbocycles. The van der Waals surface area contributed by atoms with Crippen LogP contribution in [0, 0.1) is 33.5 Å². The van der Waals surface area contributed by atoms with E-state index in [4.69, 9.17) is 0 Å². The number of aromatic amines is 2. The van der Waals surface area contributed by atoms with Crippen LogP contribution in [0.2, 0.25) is 0 Å². The number of aromatic nitrogens is 4. The molecule has 142 valence electrons. The van der Waals surface area contributed by atoms with E-state index in [1.807, 2.05) is 32.9 Å². The van der Waals surface area contributed by atoms with Gasteiger partial charge < -0.3 is 10.3 Å². The first-order valence-electron chi connectivity index (χ1n) is 8.93. The summed E-state index contributed by atoms with van der Waals surface area (Å²) in [6.45, 7) is 7.35. The van der Waals surface area contributed by atoms with Crippen LogP contribution in [0.15, 0.2) is 30.5 Å². The molecule has 0 radical (unpaired) electrons. The van der Waals surface area contributed by atoms with Crippen LogP contribution in [0.5, 0.6) is 0 Å². The van der Waals surface area contributed by atoms with E-state index in [0.717, 1.165) is 33.5 Å². The van der Waals surface area contributed by atoms with Crippen LogP contribution in [-0.2, 0) is 0 Å². The maximum Gasteiger partial charge on any atom is 0.273 e. The molecule has 0 bridgehead atoms. The maximum atomic E-state index is 13.8.